The van der Waals surface area contributed by atoms with Gasteiger partial charge in [0.25, 0.3) is 11.1 Å². The molecular formula is C19H15Cl2N5O4. The van der Waals surface area contributed by atoms with Gasteiger partial charge in [0.15, 0.2) is 5.75 Å². The zero-order valence-corrected chi connectivity index (χ0v) is 17.6. The van der Waals surface area contributed by atoms with Crippen molar-refractivity contribution in [3.05, 3.63) is 76.9 Å². The maximum absolute atomic E-state index is 12.2. The minimum Gasteiger partial charge on any atom is -0.453 e. The Bertz CT molecular complexity index is 1340. The minimum absolute atomic E-state index is 0.0517. The molecule has 2 heterocycles. The van der Waals surface area contributed by atoms with Crippen LogP contribution < -0.4 is 21.5 Å². The van der Waals surface area contributed by atoms with Crippen molar-refractivity contribution in [2.24, 2.45) is 0 Å². The van der Waals surface area contributed by atoms with Crippen LogP contribution in [-0.2, 0) is 0 Å². The fraction of sp³-hybridized carbons (Fsp3) is 0.211. The molecule has 0 bridgehead atoms. The van der Waals surface area contributed by atoms with Crippen LogP contribution in [0.5, 0.6) is 11.5 Å². The molecule has 0 aliphatic carbocycles. The van der Waals surface area contributed by atoms with E-state index in [1.807, 2.05) is 18.8 Å². The molecular weight excluding hydrogens is 433 g/mol. The summed E-state index contributed by atoms with van der Waals surface area (Å²) in [5, 5.41) is 12.8. The standard InChI is InChI=1S/C19H15Cl2N5O4/c1-9(2)25-8-12(4-10(3)18(25)28)30-16-13(20)5-11(6-14(16)21)26-19(29)23-17(27)15(7-22)24-26/h4-6,8-9H,1-3H3,(H,23,27,29). The summed E-state index contributed by atoms with van der Waals surface area (Å²) < 4.78 is 8.13. The van der Waals surface area contributed by atoms with Gasteiger partial charge in [-0.2, -0.15) is 9.94 Å². The fourth-order valence-electron chi connectivity index (χ4n) is 2.68. The molecule has 11 heteroatoms. The number of aromatic amines is 1. The lowest BCUT2D eigenvalue weighted by molar-refractivity contribution is 0.464. The lowest BCUT2D eigenvalue weighted by atomic mass is 10.2. The number of halogens is 2. The van der Waals surface area contributed by atoms with Crippen LogP contribution in [0.1, 0.15) is 31.1 Å². The number of nitriles is 1. The predicted octanol–water partition coefficient (Wildman–Crippen LogP) is 2.94. The number of hydrogen-bond donors (Lipinski definition) is 1. The van der Waals surface area contributed by atoms with E-state index in [-0.39, 0.29) is 33.1 Å². The van der Waals surface area contributed by atoms with E-state index in [9.17, 15) is 14.4 Å². The Kier molecular flexibility index (Phi) is 5.82. The maximum Gasteiger partial charge on any atom is 0.349 e. The first kappa shape index (κ1) is 21.4. The molecule has 1 aromatic carbocycles. The molecule has 2 aromatic heterocycles. The van der Waals surface area contributed by atoms with E-state index < -0.39 is 16.9 Å². The van der Waals surface area contributed by atoms with Gasteiger partial charge in [-0.05, 0) is 39.0 Å². The molecule has 1 N–H and O–H groups in total. The molecule has 0 unspecified atom stereocenters. The lowest BCUT2D eigenvalue weighted by Gasteiger charge is -2.16. The van der Waals surface area contributed by atoms with Gasteiger partial charge in [-0.1, -0.05) is 23.2 Å². The number of H-pyrrole nitrogens is 1. The van der Waals surface area contributed by atoms with Crippen molar-refractivity contribution in [1.29, 1.82) is 5.26 Å². The number of nitrogens with zero attached hydrogens (tertiary/aromatic N) is 4. The van der Waals surface area contributed by atoms with E-state index in [0.29, 0.717) is 11.3 Å². The van der Waals surface area contributed by atoms with E-state index in [0.717, 1.165) is 4.68 Å². The minimum atomic E-state index is -0.897. The Morgan fingerprint density at radius 1 is 1.17 bits per heavy atom. The van der Waals surface area contributed by atoms with Crippen LogP contribution in [0.3, 0.4) is 0 Å². The molecule has 9 nitrogen and oxygen atoms in total. The summed E-state index contributed by atoms with van der Waals surface area (Å²) in [7, 11) is 0. The summed E-state index contributed by atoms with van der Waals surface area (Å²) in [6.07, 6.45) is 1.55. The summed E-state index contributed by atoms with van der Waals surface area (Å²) >= 11 is 12.6. The largest absolute Gasteiger partial charge is 0.453 e. The molecule has 154 valence electrons. The van der Waals surface area contributed by atoms with Crippen molar-refractivity contribution in [3.8, 4) is 23.3 Å². The number of pyridine rings is 1. The lowest BCUT2D eigenvalue weighted by Crippen LogP contribution is -2.33. The van der Waals surface area contributed by atoms with Gasteiger partial charge in [-0.25, -0.2) is 4.79 Å². The number of ether oxygens (including phenoxy) is 1. The summed E-state index contributed by atoms with van der Waals surface area (Å²) in [6.45, 7) is 5.40. The third kappa shape index (κ3) is 4.01. The Hall–Kier alpha value is -3.35. The number of hydrogen-bond acceptors (Lipinski definition) is 6. The average molecular weight is 448 g/mol. The van der Waals surface area contributed by atoms with Crippen molar-refractivity contribution < 1.29 is 4.74 Å². The highest BCUT2D eigenvalue weighted by Gasteiger charge is 2.16. The van der Waals surface area contributed by atoms with Crippen LogP contribution in [0.2, 0.25) is 10.0 Å². The number of aryl methyl sites for hydroxylation is 1. The molecule has 0 aliphatic rings. The van der Waals surface area contributed by atoms with E-state index in [1.165, 1.54) is 16.7 Å². The summed E-state index contributed by atoms with van der Waals surface area (Å²) in [6, 6.07) is 5.78. The third-order valence-electron chi connectivity index (χ3n) is 4.13. The van der Waals surface area contributed by atoms with Crippen LogP contribution in [0.4, 0.5) is 0 Å². The van der Waals surface area contributed by atoms with Crippen LogP contribution in [0.15, 0.2) is 38.8 Å². The van der Waals surface area contributed by atoms with Crippen molar-refractivity contribution in [3.63, 3.8) is 0 Å². The number of rotatable bonds is 4. The smallest absolute Gasteiger partial charge is 0.349 e. The summed E-state index contributed by atoms with van der Waals surface area (Å²) in [5.74, 6) is 0.455. The molecule has 0 aliphatic heterocycles. The molecule has 0 radical (unpaired) electrons. The molecule has 30 heavy (non-hydrogen) atoms. The van der Waals surface area contributed by atoms with E-state index in [1.54, 1.807) is 25.3 Å². The monoisotopic (exact) mass is 447 g/mol. The number of aromatic nitrogens is 4. The molecule has 0 amide bonds. The number of nitrogens with one attached hydrogen (secondary N) is 1. The zero-order chi connectivity index (χ0) is 22.2. The Labute approximate surface area is 179 Å². The molecule has 0 atom stereocenters. The Balaban J connectivity index is 2.08. The first-order valence-electron chi connectivity index (χ1n) is 8.66. The predicted molar refractivity (Wildman–Crippen MR) is 111 cm³/mol. The van der Waals surface area contributed by atoms with Gasteiger partial charge in [0.2, 0.25) is 5.69 Å². The van der Waals surface area contributed by atoms with Crippen LogP contribution in [-0.4, -0.2) is 19.3 Å². The topological polar surface area (TPSA) is 123 Å². The van der Waals surface area contributed by atoms with Crippen molar-refractivity contribution in [2.75, 3.05) is 0 Å². The van der Waals surface area contributed by atoms with Crippen LogP contribution >= 0.6 is 23.2 Å². The summed E-state index contributed by atoms with van der Waals surface area (Å²) in [5.41, 5.74) is -1.78. The maximum atomic E-state index is 12.2. The second kappa shape index (κ2) is 8.18. The molecule has 0 saturated carbocycles. The van der Waals surface area contributed by atoms with E-state index in [4.69, 9.17) is 33.2 Å². The Morgan fingerprint density at radius 3 is 2.37 bits per heavy atom. The number of benzene rings is 1. The average Bonchev–Trinajstić information content (AvgIpc) is 2.67. The second-order valence-corrected chi connectivity index (χ2v) is 7.45. The van der Waals surface area contributed by atoms with Gasteiger partial charge in [0, 0.05) is 11.6 Å². The van der Waals surface area contributed by atoms with Gasteiger partial charge in [-0.15, -0.1) is 5.10 Å². The highest BCUT2D eigenvalue weighted by Crippen LogP contribution is 2.38. The van der Waals surface area contributed by atoms with Gasteiger partial charge < -0.3 is 9.30 Å². The molecule has 0 spiro atoms. The first-order chi connectivity index (χ1) is 14.1. The third-order valence-corrected chi connectivity index (χ3v) is 4.70. The zero-order valence-electron chi connectivity index (χ0n) is 16.1. The van der Waals surface area contributed by atoms with Crippen molar-refractivity contribution in [1.82, 2.24) is 19.3 Å². The van der Waals surface area contributed by atoms with Crippen LogP contribution in [0, 0.1) is 18.3 Å². The molecule has 0 fully saturated rings. The van der Waals surface area contributed by atoms with Gasteiger partial charge in [0.1, 0.15) is 11.8 Å². The highest BCUT2D eigenvalue weighted by molar-refractivity contribution is 6.37. The van der Waals surface area contributed by atoms with Crippen molar-refractivity contribution >= 4 is 23.2 Å². The van der Waals surface area contributed by atoms with Gasteiger partial charge >= 0.3 is 5.69 Å². The quantitative estimate of drug-likeness (QED) is 0.655. The van der Waals surface area contributed by atoms with Crippen LogP contribution in [0.25, 0.3) is 5.69 Å². The van der Waals surface area contributed by atoms with Gasteiger partial charge in [-0.3, -0.25) is 14.6 Å². The molecule has 0 saturated heterocycles. The normalized spacial score (nSPS) is 10.8. The molecule has 3 aromatic rings. The molecule has 3 rings (SSSR count). The fourth-order valence-corrected chi connectivity index (χ4v) is 3.24. The second-order valence-electron chi connectivity index (χ2n) is 6.64. The van der Waals surface area contributed by atoms with Gasteiger partial charge in [0.05, 0.1) is 21.9 Å². The SMILES string of the molecule is Cc1cc(Oc2c(Cl)cc(-n3nc(C#N)c(=O)[nH]c3=O)cc2Cl)cn(C(C)C)c1=O. The Morgan fingerprint density at radius 2 is 1.80 bits per heavy atom. The first-order valence-corrected chi connectivity index (χ1v) is 9.41. The van der Waals surface area contributed by atoms with Crippen molar-refractivity contribution in [2.45, 2.75) is 26.8 Å². The van der Waals surface area contributed by atoms with E-state index >= 15 is 0 Å². The summed E-state index contributed by atoms with van der Waals surface area (Å²) in [4.78, 5) is 37.8. The van der Waals surface area contributed by atoms with E-state index in [2.05, 4.69) is 5.10 Å². The highest BCUT2D eigenvalue weighted by atomic mass is 35.5.